The molecule has 34 heavy (non-hydrogen) atoms. The number of hydrogen-bond acceptors (Lipinski definition) is 6. The van der Waals surface area contributed by atoms with E-state index in [9.17, 15) is 20.0 Å². The summed E-state index contributed by atoms with van der Waals surface area (Å²) in [6.07, 6.45) is 1.92. The van der Waals surface area contributed by atoms with Crippen LogP contribution < -0.4 is 5.23 Å². The number of H-pyrrole nitrogens is 1. The van der Waals surface area contributed by atoms with E-state index >= 15 is 0 Å². The van der Waals surface area contributed by atoms with E-state index in [2.05, 4.69) is 4.98 Å². The number of carbonyl (C=O) groups is 2. The van der Waals surface area contributed by atoms with Crippen molar-refractivity contribution in [3.63, 3.8) is 0 Å². The van der Waals surface area contributed by atoms with Crippen molar-refractivity contribution in [2.45, 2.75) is 25.0 Å². The third-order valence-corrected chi connectivity index (χ3v) is 6.68. The summed E-state index contributed by atoms with van der Waals surface area (Å²) >= 11 is 0. The lowest BCUT2D eigenvalue weighted by Crippen LogP contribution is -2.62. The van der Waals surface area contributed by atoms with E-state index in [-0.39, 0.29) is 35.8 Å². The molecule has 1 unspecified atom stereocenters. The van der Waals surface area contributed by atoms with Crippen LogP contribution in [0.1, 0.15) is 28.6 Å². The third-order valence-electron chi connectivity index (χ3n) is 6.68. The predicted molar refractivity (Wildman–Crippen MR) is 123 cm³/mol. The molecule has 2 aliphatic rings. The van der Waals surface area contributed by atoms with E-state index in [0.29, 0.717) is 17.7 Å². The van der Waals surface area contributed by atoms with Gasteiger partial charge in [0.25, 0.3) is 0 Å². The maximum atomic E-state index is 13.6. The van der Waals surface area contributed by atoms with Gasteiger partial charge in [-0.1, -0.05) is 30.3 Å². The van der Waals surface area contributed by atoms with Gasteiger partial charge in [0.05, 0.1) is 24.5 Å². The fourth-order valence-electron chi connectivity index (χ4n) is 5.21. The standard InChI is InChI=1S/C25H21N4O5/c30-22-14-27(13-17-7-4-10-34-17)25(31)21-12-19-18-8-1-2-9-20(18)26-23(19)24(28(21)22)15-5-3-6-16(11-15)29(32)33/h1-11,21,24,26,32H,12-14H2/q-1/t21-,24?/m0/s1. The van der Waals surface area contributed by atoms with E-state index in [4.69, 9.17) is 4.42 Å². The van der Waals surface area contributed by atoms with E-state index in [1.807, 2.05) is 24.3 Å². The number of amides is 2. The van der Waals surface area contributed by atoms with Crippen molar-refractivity contribution in [1.29, 1.82) is 0 Å². The molecule has 0 bridgehead atoms. The van der Waals surface area contributed by atoms with Crippen molar-refractivity contribution in [2.24, 2.45) is 0 Å². The van der Waals surface area contributed by atoms with Crippen LogP contribution in [0.15, 0.2) is 71.3 Å². The lowest BCUT2D eigenvalue weighted by atomic mass is 9.86. The maximum absolute atomic E-state index is 13.6. The largest absolute Gasteiger partial charge is 0.733 e. The molecule has 1 fully saturated rings. The first-order valence-electron chi connectivity index (χ1n) is 11.0. The zero-order chi connectivity index (χ0) is 23.4. The smallest absolute Gasteiger partial charge is 0.246 e. The van der Waals surface area contributed by atoms with Crippen LogP contribution in [-0.4, -0.2) is 44.4 Å². The van der Waals surface area contributed by atoms with Crippen LogP contribution >= 0.6 is 0 Å². The maximum Gasteiger partial charge on any atom is 0.246 e. The Morgan fingerprint density at radius 1 is 1.12 bits per heavy atom. The van der Waals surface area contributed by atoms with Crippen LogP contribution in [0.4, 0.5) is 5.69 Å². The highest BCUT2D eigenvalue weighted by atomic mass is 16.8. The van der Waals surface area contributed by atoms with Gasteiger partial charge in [0.1, 0.15) is 18.3 Å². The zero-order valence-corrected chi connectivity index (χ0v) is 18.0. The average Bonchev–Trinajstić information content (AvgIpc) is 3.48. The summed E-state index contributed by atoms with van der Waals surface area (Å²) in [5, 5.41) is 21.8. The number of benzene rings is 2. The van der Waals surface area contributed by atoms with Crippen LogP contribution in [0.3, 0.4) is 0 Å². The number of anilines is 1. The fraction of sp³-hybridized carbons (Fsp3) is 0.200. The Bertz CT molecular complexity index is 1390. The van der Waals surface area contributed by atoms with Gasteiger partial charge < -0.3 is 29.6 Å². The molecule has 4 aromatic rings. The number of nitrogens with one attached hydrogen (secondary N) is 1. The van der Waals surface area contributed by atoms with Crippen molar-refractivity contribution in [1.82, 2.24) is 14.8 Å². The zero-order valence-electron chi connectivity index (χ0n) is 18.0. The highest BCUT2D eigenvalue weighted by Crippen LogP contribution is 2.43. The van der Waals surface area contributed by atoms with Gasteiger partial charge in [0.2, 0.25) is 11.8 Å². The minimum atomic E-state index is -0.700. The van der Waals surface area contributed by atoms with Crippen molar-refractivity contribution in [3.8, 4) is 0 Å². The molecule has 0 saturated carbocycles. The molecule has 0 spiro atoms. The number of furan rings is 1. The van der Waals surface area contributed by atoms with Gasteiger partial charge in [-0.25, -0.2) is 0 Å². The Morgan fingerprint density at radius 2 is 1.97 bits per heavy atom. The second-order valence-electron chi connectivity index (χ2n) is 8.63. The molecule has 0 aliphatic carbocycles. The fourth-order valence-corrected chi connectivity index (χ4v) is 5.21. The van der Waals surface area contributed by atoms with Crippen molar-refractivity contribution in [3.05, 3.63) is 94.7 Å². The first-order chi connectivity index (χ1) is 16.5. The van der Waals surface area contributed by atoms with Gasteiger partial charge in [-0.3, -0.25) is 14.8 Å². The van der Waals surface area contributed by atoms with Crippen molar-refractivity contribution < 1.29 is 19.2 Å². The summed E-state index contributed by atoms with van der Waals surface area (Å²) < 4.78 is 5.40. The molecule has 2 aromatic heterocycles. The molecule has 9 heteroatoms. The highest BCUT2D eigenvalue weighted by Gasteiger charge is 2.48. The topological polar surface area (TPSA) is 116 Å². The second kappa shape index (κ2) is 7.75. The molecule has 0 radical (unpaired) electrons. The van der Waals surface area contributed by atoms with Crippen LogP contribution in [0.5, 0.6) is 0 Å². The Morgan fingerprint density at radius 3 is 2.76 bits per heavy atom. The van der Waals surface area contributed by atoms with Crippen LogP contribution in [0.25, 0.3) is 10.9 Å². The number of para-hydroxylation sites is 1. The van der Waals surface area contributed by atoms with Gasteiger partial charge in [-0.15, -0.1) is 0 Å². The number of hydrogen-bond donors (Lipinski definition) is 2. The first kappa shape index (κ1) is 20.5. The van der Waals surface area contributed by atoms with Crippen LogP contribution in [0, 0.1) is 5.21 Å². The molecule has 1 saturated heterocycles. The summed E-state index contributed by atoms with van der Waals surface area (Å²) in [6.45, 7) is 0.147. The quantitative estimate of drug-likeness (QED) is 0.454. The van der Waals surface area contributed by atoms with Crippen molar-refractivity contribution in [2.75, 3.05) is 11.8 Å². The van der Waals surface area contributed by atoms with E-state index in [1.165, 1.54) is 11.0 Å². The lowest BCUT2D eigenvalue weighted by molar-refractivity contribution is -0.159. The predicted octanol–water partition coefficient (Wildman–Crippen LogP) is 3.34. The average molecular weight is 457 g/mol. The Hall–Kier alpha value is -4.08. The summed E-state index contributed by atoms with van der Waals surface area (Å²) in [5.41, 5.74) is 3.37. The number of carbonyl (C=O) groups excluding carboxylic acids is 2. The van der Waals surface area contributed by atoms with Crippen molar-refractivity contribution >= 4 is 28.4 Å². The number of rotatable bonds is 4. The molecular formula is C25H21N4O5-. The third kappa shape index (κ3) is 3.17. The van der Waals surface area contributed by atoms with E-state index < -0.39 is 12.1 Å². The number of fused-ring (bicyclic) bond motifs is 4. The molecule has 2 aliphatic heterocycles. The summed E-state index contributed by atoms with van der Waals surface area (Å²) in [6, 6.07) is 16.5. The minimum Gasteiger partial charge on any atom is -0.733 e. The Balaban J connectivity index is 1.49. The normalized spacial score (nSPS) is 19.9. The number of nitrogens with zero attached hydrogens (tertiary/aromatic N) is 3. The summed E-state index contributed by atoms with van der Waals surface area (Å²) in [5.74, 6) is 0.264. The van der Waals surface area contributed by atoms with Crippen LogP contribution in [-0.2, 0) is 22.6 Å². The summed E-state index contributed by atoms with van der Waals surface area (Å²) in [7, 11) is 0. The van der Waals surface area contributed by atoms with Gasteiger partial charge in [-0.2, -0.15) is 0 Å². The number of aromatic nitrogens is 1. The minimum absolute atomic E-state index is 0.0486. The first-order valence-corrected chi connectivity index (χ1v) is 11.0. The molecule has 2 aromatic carbocycles. The molecule has 2 atom stereocenters. The number of aromatic amines is 1. The number of piperazine rings is 1. The lowest BCUT2D eigenvalue weighted by Gasteiger charge is -2.47. The summed E-state index contributed by atoms with van der Waals surface area (Å²) in [4.78, 5) is 33.7. The Kier molecular flexibility index (Phi) is 4.68. The monoisotopic (exact) mass is 457 g/mol. The molecule has 2 N–H and O–H groups in total. The highest BCUT2D eigenvalue weighted by molar-refractivity contribution is 5.97. The molecule has 172 valence electrons. The molecular weight excluding hydrogens is 436 g/mol. The SMILES string of the molecule is O=C1[C@@H]2Cc3c([nH]c4ccccc34)C(c3cccc(N([O-])O)c3)N2C(=O)CN1Cc1ccco1. The van der Waals surface area contributed by atoms with Crippen LogP contribution in [0.2, 0.25) is 0 Å². The van der Waals surface area contributed by atoms with E-state index in [1.54, 1.807) is 41.5 Å². The molecule has 9 nitrogen and oxygen atoms in total. The second-order valence-corrected chi connectivity index (χ2v) is 8.63. The molecule has 4 heterocycles. The Labute approximate surface area is 194 Å². The molecule has 2 amide bonds. The van der Waals surface area contributed by atoms with Gasteiger partial charge in [0, 0.05) is 23.0 Å². The van der Waals surface area contributed by atoms with Gasteiger partial charge in [0.15, 0.2) is 0 Å². The van der Waals surface area contributed by atoms with E-state index in [0.717, 1.165) is 22.2 Å². The molecule has 6 rings (SSSR count). The van der Waals surface area contributed by atoms with Gasteiger partial charge in [-0.05, 0) is 41.5 Å². The van der Waals surface area contributed by atoms with Gasteiger partial charge >= 0.3 is 0 Å².